The first kappa shape index (κ1) is 11.5. The van der Waals surface area contributed by atoms with E-state index in [-0.39, 0.29) is 12.1 Å². The fraction of sp³-hybridized carbons (Fsp3) is 0.500. The van der Waals surface area contributed by atoms with Crippen LogP contribution in [0.3, 0.4) is 0 Å². The van der Waals surface area contributed by atoms with E-state index in [1.165, 1.54) is 18.4 Å². The minimum atomic E-state index is -0.0863. The van der Waals surface area contributed by atoms with E-state index in [0.29, 0.717) is 5.92 Å². The molecular formula is C14H19N3O. The summed E-state index contributed by atoms with van der Waals surface area (Å²) in [7, 11) is 0. The molecule has 1 atom stereocenters. The molecule has 4 heteroatoms. The zero-order chi connectivity index (χ0) is 12.4. The van der Waals surface area contributed by atoms with E-state index in [2.05, 4.69) is 22.0 Å². The van der Waals surface area contributed by atoms with Crippen molar-refractivity contribution in [1.82, 2.24) is 10.6 Å². The van der Waals surface area contributed by atoms with Crippen LogP contribution in [-0.2, 0) is 0 Å². The molecule has 96 valence electrons. The molecule has 0 spiro atoms. The molecule has 3 rings (SSSR count). The number of para-hydroxylation sites is 1. The van der Waals surface area contributed by atoms with E-state index in [4.69, 9.17) is 0 Å². The second kappa shape index (κ2) is 4.98. The lowest BCUT2D eigenvalue weighted by molar-refractivity contribution is 0.249. The first-order valence-corrected chi connectivity index (χ1v) is 6.70. The highest BCUT2D eigenvalue weighted by atomic mass is 16.2. The lowest BCUT2D eigenvalue weighted by Crippen LogP contribution is -2.39. The van der Waals surface area contributed by atoms with Gasteiger partial charge in [-0.25, -0.2) is 4.79 Å². The smallest absolute Gasteiger partial charge is 0.319 e. The Morgan fingerprint density at radius 2 is 2.06 bits per heavy atom. The number of hydrogen-bond acceptors (Lipinski definition) is 2. The summed E-state index contributed by atoms with van der Waals surface area (Å²) in [6.07, 6.45) is 3.50. The number of rotatable bonds is 3. The third-order valence-electron chi connectivity index (χ3n) is 3.62. The first-order chi connectivity index (χ1) is 8.83. The van der Waals surface area contributed by atoms with Crippen LogP contribution >= 0.6 is 0 Å². The largest absolute Gasteiger partial charge is 0.334 e. The third-order valence-corrected chi connectivity index (χ3v) is 3.62. The second-order valence-electron chi connectivity index (χ2n) is 5.15. The van der Waals surface area contributed by atoms with Crippen LogP contribution in [0.15, 0.2) is 24.3 Å². The molecular weight excluding hydrogens is 226 g/mol. The van der Waals surface area contributed by atoms with Gasteiger partial charge >= 0.3 is 6.03 Å². The van der Waals surface area contributed by atoms with Crippen molar-refractivity contribution in [1.29, 1.82) is 0 Å². The third kappa shape index (κ3) is 2.64. The number of urea groups is 1. The predicted molar refractivity (Wildman–Crippen MR) is 71.8 cm³/mol. The molecule has 0 bridgehead atoms. The van der Waals surface area contributed by atoms with Crippen LogP contribution < -0.4 is 16.0 Å². The molecule has 18 heavy (non-hydrogen) atoms. The molecule has 1 saturated carbocycles. The van der Waals surface area contributed by atoms with Gasteiger partial charge in [-0.1, -0.05) is 18.2 Å². The van der Waals surface area contributed by atoms with Crippen molar-refractivity contribution in [2.24, 2.45) is 0 Å². The molecule has 1 aromatic rings. The Balaban J connectivity index is 1.62. The highest BCUT2D eigenvalue weighted by Crippen LogP contribution is 2.43. The SMILES string of the molecule is O=C(Nc1ccccc1C1CC1)NC1CCNC1. The molecule has 2 aliphatic rings. The van der Waals surface area contributed by atoms with E-state index in [9.17, 15) is 4.79 Å². The Kier molecular flexibility index (Phi) is 3.19. The normalized spacial score (nSPS) is 22.8. The molecule has 2 fully saturated rings. The minimum Gasteiger partial charge on any atom is -0.334 e. The van der Waals surface area contributed by atoms with Gasteiger partial charge in [0.2, 0.25) is 0 Å². The lowest BCUT2D eigenvalue weighted by atomic mass is 10.1. The molecule has 1 unspecified atom stereocenters. The molecule has 4 nitrogen and oxygen atoms in total. The van der Waals surface area contributed by atoms with Crippen molar-refractivity contribution in [3.63, 3.8) is 0 Å². The molecule has 0 aromatic heterocycles. The topological polar surface area (TPSA) is 53.2 Å². The summed E-state index contributed by atoms with van der Waals surface area (Å²) in [6, 6.07) is 8.29. The van der Waals surface area contributed by atoms with Crippen LogP contribution in [-0.4, -0.2) is 25.2 Å². The Morgan fingerprint density at radius 3 is 2.78 bits per heavy atom. The van der Waals surface area contributed by atoms with Crippen molar-refractivity contribution in [3.8, 4) is 0 Å². The predicted octanol–water partition coefficient (Wildman–Crippen LogP) is 2.05. The molecule has 1 heterocycles. The van der Waals surface area contributed by atoms with Gasteiger partial charge in [0.25, 0.3) is 0 Å². The maximum absolute atomic E-state index is 11.9. The fourth-order valence-corrected chi connectivity index (χ4v) is 2.48. The van der Waals surface area contributed by atoms with Gasteiger partial charge in [-0.15, -0.1) is 0 Å². The summed E-state index contributed by atoms with van der Waals surface area (Å²) < 4.78 is 0. The summed E-state index contributed by atoms with van der Waals surface area (Å²) in [5.74, 6) is 0.648. The lowest BCUT2D eigenvalue weighted by Gasteiger charge is -2.14. The molecule has 3 N–H and O–H groups in total. The van der Waals surface area contributed by atoms with Gasteiger partial charge in [0.15, 0.2) is 0 Å². The number of amides is 2. The van der Waals surface area contributed by atoms with Crippen LogP contribution in [0.4, 0.5) is 10.5 Å². The maximum atomic E-state index is 11.9. The van der Waals surface area contributed by atoms with Gasteiger partial charge in [0.1, 0.15) is 0 Å². The fourth-order valence-electron chi connectivity index (χ4n) is 2.48. The zero-order valence-electron chi connectivity index (χ0n) is 10.4. The number of anilines is 1. The summed E-state index contributed by atoms with van der Waals surface area (Å²) in [6.45, 7) is 1.86. The van der Waals surface area contributed by atoms with Crippen molar-refractivity contribution >= 4 is 11.7 Å². The van der Waals surface area contributed by atoms with Gasteiger partial charge in [-0.2, -0.15) is 0 Å². The van der Waals surface area contributed by atoms with Crippen LogP contribution in [0.25, 0.3) is 0 Å². The Hall–Kier alpha value is -1.55. The monoisotopic (exact) mass is 245 g/mol. The van der Waals surface area contributed by atoms with Crippen molar-refractivity contribution in [3.05, 3.63) is 29.8 Å². The standard InChI is InChI=1S/C14H19N3O/c18-14(16-11-7-8-15-9-11)17-13-4-2-1-3-12(13)10-5-6-10/h1-4,10-11,15H,5-9H2,(H2,16,17,18). The Labute approximate surface area is 107 Å². The van der Waals surface area contributed by atoms with Crippen molar-refractivity contribution < 1.29 is 4.79 Å². The highest BCUT2D eigenvalue weighted by molar-refractivity contribution is 5.90. The Bertz CT molecular complexity index is 436. The van der Waals surface area contributed by atoms with Crippen molar-refractivity contribution in [2.45, 2.75) is 31.2 Å². The van der Waals surface area contributed by atoms with Gasteiger partial charge in [0, 0.05) is 18.3 Å². The van der Waals surface area contributed by atoms with Gasteiger partial charge < -0.3 is 16.0 Å². The zero-order valence-corrected chi connectivity index (χ0v) is 10.4. The quantitative estimate of drug-likeness (QED) is 0.763. The first-order valence-electron chi connectivity index (χ1n) is 6.70. The number of nitrogens with one attached hydrogen (secondary N) is 3. The number of hydrogen-bond donors (Lipinski definition) is 3. The average molecular weight is 245 g/mol. The summed E-state index contributed by atoms with van der Waals surface area (Å²) >= 11 is 0. The van der Waals surface area contributed by atoms with E-state index >= 15 is 0 Å². The number of benzene rings is 1. The van der Waals surface area contributed by atoms with Crippen LogP contribution in [0, 0.1) is 0 Å². The molecule has 0 radical (unpaired) electrons. The van der Waals surface area contributed by atoms with Crippen LogP contribution in [0.2, 0.25) is 0 Å². The Morgan fingerprint density at radius 1 is 1.22 bits per heavy atom. The van der Waals surface area contributed by atoms with Crippen LogP contribution in [0.1, 0.15) is 30.7 Å². The molecule has 1 saturated heterocycles. The maximum Gasteiger partial charge on any atom is 0.319 e. The van der Waals surface area contributed by atoms with Crippen molar-refractivity contribution in [2.75, 3.05) is 18.4 Å². The average Bonchev–Trinajstić information content (AvgIpc) is 3.09. The minimum absolute atomic E-state index is 0.0863. The van der Waals surface area contributed by atoms with E-state index < -0.39 is 0 Å². The molecule has 1 aliphatic heterocycles. The van der Waals surface area contributed by atoms with E-state index in [0.717, 1.165) is 25.2 Å². The molecule has 2 amide bonds. The van der Waals surface area contributed by atoms with Crippen LogP contribution in [0.5, 0.6) is 0 Å². The van der Waals surface area contributed by atoms with Gasteiger partial charge in [-0.05, 0) is 43.4 Å². The highest BCUT2D eigenvalue weighted by Gasteiger charge is 2.26. The van der Waals surface area contributed by atoms with E-state index in [1.807, 2.05) is 18.2 Å². The molecule has 1 aliphatic carbocycles. The molecule has 1 aromatic carbocycles. The summed E-state index contributed by atoms with van der Waals surface area (Å²) in [4.78, 5) is 11.9. The number of carbonyl (C=O) groups excluding carboxylic acids is 1. The van der Waals surface area contributed by atoms with E-state index in [1.54, 1.807) is 0 Å². The van der Waals surface area contributed by atoms with Gasteiger partial charge in [-0.3, -0.25) is 0 Å². The summed E-state index contributed by atoms with van der Waals surface area (Å²) in [5, 5.41) is 9.22. The summed E-state index contributed by atoms with van der Waals surface area (Å²) in [5.41, 5.74) is 2.24. The second-order valence-corrected chi connectivity index (χ2v) is 5.15. The number of carbonyl (C=O) groups is 1. The van der Waals surface area contributed by atoms with Gasteiger partial charge in [0.05, 0.1) is 0 Å².